The van der Waals surface area contributed by atoms with Crippen LogP contribution in [0.3, 0.4) is 0 Å². The Morgan fingerprint density at radius 1 is 1.24 bits per heavy atom. The lowest BCUT2D eigenvalue weighted by Crippen LogP contribution is -2.62. The number of carboxylic acid groups (broad SMARTS) is 1. The highest BCUT2D eigenvalue weighted by molar-refractivity contribution is 5.87. The Labute approximate surface area is 93.3 Å². The number of hydrogen-bond donors (Lipinski definition) is 3. The van der Waals surface area contributed by atoms with Crippen molar-refractivity contribution in [1.29, 1.82) is 0 Å². The summed E-state index contributed by atoms with van der Waals surface area (Å²) in [6, 6.07) is -2.09. The molecule has 17 heavy (non-hydrogen) atoms. The van der Waals surface area contributed by atoms with Crippen molar-refractivity contribution in [3.8, 4) is 0 Å². The number of amides is 1. The fourth-order valence-corrected chi connectivity index (χ4v) is 1.65. The molecule has 98 valence electrons. The van der Waals surface area contributed by atoms with Gasteiger partial charge in [-0.1, -0.05) is 0 Å². The molecule has 0 aromatic carbocycles. The van der Waals surface area contributed by atoms with E-state index in [1.54, 1.807) is 0 Å². The van der Waals surface area contributed by atoms with Crippen LogP contribution < -0.4 is 0 Å². The zero-order chi connectivity index (χ0) is 13.4. The van der Waals surface area contributed by atoms with E-state index in [9.17, 15) is 27.9 Å². The van der Waals surface area contributed by atoms with E-state index in [1.165, 1.54) is 0 Å². The number of alkyl halides is 3. The molecule has 1 saturated heterocycles. The molecule has 0 aromatic heterocycles. The second-order valence-electron chi connectivity index (χ2n) is 3.63. The van der Waals surface area contributed by atoms with Gasteiger partial charge in [0.2, 0.25) is 0 Å². The monoisotopic (exact) mass is 257 g/mol. The lowest BCUT2D eigenvalue weighted by Gasteiger charge is -2.39. The lowest BCUT2D eigenvalue weighted by atomic mass is 9.96. The number of carboxylic acids is 1. The molecule has 1 aliphatic rings. The highest BCUT2D eigenvalue weighted by atomic mass is 19.4. The van der Waals surface area contributed by atoms with Crippen LogP contribution in [0.4, 0.5) is 13.2 Å². The zero-order valence-electron chi connectivity index (χ0n) is 8.39. The van der Waals surface area contributed by atoms with Gasteiger partial charge in [-0.2, -0.15) is 13.2 Å². The van der Waals surface area contributed by atoms with E-state index in [2.05, 4.69) is 0 Å². The minimum atomic E-state index is -5.21. The van der Waals surface area contributed by atoms with Gasteiger partial charge in [0.05, 0.1) is 6.10 Å². The number of rotatable bonds is 1. The summed E-state index contributed by atoms with van der Waals surface area (Å²) in [5, 5.41) is 27.1. The molecule has 0 bridgehead atoms. The van der Waals surface area contributed by atoms with Gasteiger partial charge in [0, 0.05) is 6.54 Å². The van der Waals surface area contributed by atoms with Crippen LogP contribution in [-0.2, 0) is 9.59 Å². The van der Waals surface area contributed by atoms with Crippen LogP contribution in [0.1, 0.15) is 6.42 Å². The highest BCUT2D eigenvalue weighted by Gasteiger charge is 2.51. The fourth-order valence-electron chi connectivity index (χ4n) is 1.65. The molecule has 0 aliphatic carbocycles. The summed E-state index contributed by atoms with van der Waals surface area (Å²) in [5.74, 6) is -4.13. The van der Waals surface area contributed by atoms with Crippen molar-refractivity contribution in [2.45, 2.75) is 30.8 Å². The van der Waals surface area contributed by atoms with Crippen LogP contribution in [-0.4, -0.2) is 63.1 Å². The first kappa shape index (κ1) is 13.7. The van der Waals surface area contributed by atoms with E-state index in [0.29, 0.717) is 0 Å². The van der Waals surface area contributed by atoms with E-state index in [1.807, 2.05) is 0 Å². The summed E-state index contributed by atoms with van der Waals surface area (Å²) in [7, 11) is 0. The molecular weight excluding hydrogens is 247 g/mol. The summed E-state index contributed by atoms with van der Waals surface area (Å²) in [6.07, 6.45) is -8.93. The maximum absolute atomic E-state index is 12.2. The average Bonchev–Trinajstić information content (AvgIpc) is 2.18. The van der Waals surface area contributed by atoms with E-state index in [0.717, 1.165) is 0 Å². The van der Waals surface area contributed by atoms with Gasteiger partial charge in [-0.25, -0.2) is 4.79 Å². The normalized spacial score (nSPS) is 30.2. The van der Waals surface area contributed by atoms with Crippen LogP contribution in [0.15, 0.2) is 0 Å². The third-order valence-corrected chi connectivity index (χ3v) is 2.48. The Kier molecular flexibility index (Phi) is 3.62. The second kappa shape index (κ2) is 4.49. The number of piperidine rings is 1. The van der Waals surface area contributed by atoms with Crippen molar-refractivity contribution in [2.75, 3.05) is 6.54 Å². The smallest absolute Gasteiger partial charge is 0.471 e. The van der Waals surface area contributed by atoms with Crippen LogP contribution in [0, 0.1) is 0 Å². The maximum atomic E-state index is 12.2. The quantitative estimate of drug-likeness (QED) is 0.557. The van der Waals surface area contributed by atoms with E-state index >= 15 is 0 Å². The van der Waals surface area contributed by atoms with Crippen LogP contribution >= 0.6 is 0 Å². The van der Waals surface area contributed by atoms with Gasteiger partial charge in [-0.15, -0.1) is 0 Å². The molecule has 0 saturated carbocycles. The maximum Gasteiger partial charge on any atom is 0.471 e. The standard InChI is InChI=1S/C8H10F3NO5/c9-8(10,11)7(17)12-2-1-3(13)5(14)4(12)6(15)16/h3-5,13-14H,1-2H2,(H,15,16)/t3-,4+,5-/m1/s1. The molecule has 3 atom stereocenters. The summed E-state index contributed by atoms with van der Waals surface area (Å²) in [4.78, 5) is 21.7. The highest BCUT2D eigenvalue weighted by Crippen LogP contribution is 2.25. The Bertz CT molecular complexity index is 332. The third-order valence-electron chi connectivity index (χ3n) is 2.48. The molecule has 1 amide bonds. The number of aliphatic hydroxyl groups excluding tert-OH is 2. The summed E-state index contributed by atoms with van der Waals surface area (Å²) in [5.41, 5.74) is 0. The molecular formula is C8H10F3NO5. The van der Waals surface area contributed by atoms with Crippen molar-refractivity contribution in [3.63, 3.8) is 0 Å². The Hall–Kier alpha value is -1.35. The molecule has 0 radical (unpaired) electrons. The molecule has 1 aliphatic heterocycles. The molecule has 9 heteroatoms. The van der Waals surface area contributed by atoms with E-state index in [4.69, 9.17) is 10.2 Å². The predicted octanol–water partition coefficient (Wildman–Crippen LogP) is -1.04. The molecule has 0 unspecified atom stereocenters. The number of hydrogen-bond acceptors (Lipinski definition) is 4. The molecule has 3 N–H and O–H groups in total. The first-order valence-corrected chi connectivity index (χ1v) is 4.63. The van der Waals surface area contributed by atoms with Crippen molar-refractivity contribution in [3.05, 3.63) is 0 Å². The summed E-state index contributed by atoms with van der Waals surface area (Å²) < 4.78 is 36.5. The summed E-state index contributed by atoms with van der Waals surface area (Å²) >= 11 is 0. The van der Waals surface area contributed by atoms with E-state index in [-0.39, 0.29) is 11.3 Å². The molecule has 6 nitrogen and oxygen atoms in total. The number of carbonyl (C=O) groups excluding carboxylic acids is 1. The van der Waals surface area contributed by atoms with Crippen molar-refractivity contribution < 1.29 is 38.1 Å². The SMILES string of the molecule is O=C(O)[C@@H]1[C@H](O)[C@H](O)CCN1C(=O)C(F)(F)F. The number of likely N-dealkylation sites (tertiary alicyclic amines) is 1. The number of carbonyl (C=O) groups is 2. The Morgan fingerprint density at radius 2 is 1.76 bits per heavy atom. The number of aliphatic hydroxyl groups is 2. The minimum Gasteiger partial charge on any atom is -0.480 e. The van der Waals surface area contributed by atoms with Gasteiger partial charge in [0.15, 0.2) is 6.04 Å². The Balaban J connectivity index is 2.98. The molecule has 1 fully saturated rings. The number of nitrogens with zero attached hydrogens (tertiary/aromatic N) is 1. The van der Waals surface area contributed by atoms with Gasteiger partial charge in [-0.05, 0) is 6.42 Å². The Morgan fingerprint density at radius 3 is 2.18 bits per heavy atom. The van der Waals surface area contributed by atoms with Gasteiger partial charge in [0.25, 0.3) is 0 Å². The van der Waals surface area contributed by atoms with Gasteiger partial charge in [-0.3, -0.25) is 4.79 Å². The lowest BCUT2D eigenvalue weighted by molar-refractivity contribution is -0.198. The average molecular weight is 257 g/mol. The largest absolute Gasteiger partial charge is 0.480 e. The predicted molar refractivity (Wildman–Crippen MR) is 45.8 cm³/mol. The van der Waals surface area contributed by atoms with Crippen LogP contribution in [0.25, 0.3) is 0 Å². The third kappa shape index (κ3) is 2.67. The minimum absolute atomic E-state index is 0.0136. The van der Waals surface area contributed by atoms with Crippen LogP contribution in [0.2, 0.25) is 0 Å². The van der Waals surface area contributed by atoms with Crippen molar-refractivity contribution >= 4 is 11.9 Å². The van der Waals surface area contributed by atoms with Gasteiger partial charge >= 0.3 is 18.1 Å². The van der Waals surface area contributed by atoms with Gasteiger partial charge < -0.3 is 20.2 Å². The summed E-state index contributed by atoms with van der Waals surface area (Å²) in [6.45, 7) is -0.576. The van der Waals surface area contributed by atoms with Crippen LogP contribution in [0.5, 0.6) is 0 Å². The zero-order valence-corrected chi connectivity index (χ0v) is 8.39. The first-order valence-electron chi connectivity index (χ1n) is 4.63. The molecule has 1 rings (SSSR count). The van der Waals surface area contributed by atoms with Crippen molar-refractivity contribution in [1.82, 2.24) is 4.90 Å². The first-order chi connectivity index (χ1) is 7.66. The second-order valence-corrected chi connectivity index (χ2v) is 3.63. The molecule has 0 aromatic rings. The molecule has 0 spiro atoms. The van der Waals surface area contributed by atoms with Crippen molar-refractivity contribution in [2.24, 2.45) is 0 Å². The number of halogens is 3. The molecule has 1 heterocycles. The topological polar surface area (TPSA) is 98.1 Å². The fraction of sp³-hybridized carbons (Fsp3) is 0.750. The number of aliphatic carboxylic acids is 1. The van der Waals surface area contributed by atoms with Gasteiger partial charge in [0.1, 0.15) is 6.10 Å². The van der Waals surface area contributed by atoms with E-state index < -0.39 is 42.8 Å².